The van der Waals surface area contributed by atoms with E-state index in [2.05, 4.69) is 6.07 Å². The van der Waals surface area contributed by atoms with E-state index in [1.165, 1.54) is 0 Å². The molecule has 1 aromatic rings. The summed E-state index contributed by atoms with van der Waals surface area (Å²) in [4.78, 5) is 0. The molecule has 1 radical (unpaired) electrons. The summed E-state index contributed by atoms with van der Waals surface area (Å²) in [5.41, 5.74) is 24.4. The van der Waals surface area contributed by atoms with Gasteiger partial charge in [-0.3, -0.25) is 0 Å². The van der Waals surface area contributed by atoms with E-state index >= 15 is 0 Å². The predicted octanol–water partition coefficient (Wildman–Crippen LogP) is 0.124. The van der Waals surface area contributed by atoms with Crippen molar-refractivity contribution in [2.45, 2.75) is 6.92 Å². The fraction of sp³-hybridized carbons (Fsp3) is 0.143. The van der Waals surface area contributed by atoms with Gasteiger partial charge in [0.1, 0.15) is 0 Å². The normalized spacial score (nSPS) is 9.08. The van der Waals surface area contributed by atoms with Crippen LogP contribution in [-0.4, -0.2) is 0 Å². The molecule has 0 saturated heterocycles. The fourth-order valence-electron chi connectivity index (χ4n) is 0.798. The summed E-state index contributed by atoms with van der Waals surface area (Å²) >= 11 is 0. The number of hydrogen-bond donors (Lipinski definition) is 4. The summed E-state index contributed by atoms with van der Waals surface area (Å²) in [6.07, 6.45) is 0. The average Bonchev–Trinajstić information content (AvgIpc) is 1.97. The number of anilines is 4. The largest absolute Gasteiger partial charge is 0.446 e. The molecule has 0 spiro atoms. The van der Waals surface area contributed by atoms with E-state index in [-0.39, 0.29) is 29.9 Å². The zero-order chi connectivity index (χ0) is 8.59. The van der Waals surface area contributed by atoms with E-state index in [9.17, 15) is 0 Å². The van der Waals surface area contributed by atoms with Gasteiger partial charge in [-0.1, -0.05) is 24.0 Å². The summed E-state index contributed by atoms with van der Waals surface area (Å²) in [5, 5.41) is 0. The Labute approximate surface area is 93.9 Å². The number of benzene rings is 1. The predicted molar refractivity (Wildman–Crippen MR) is 47.7 cm³/mol. The van der Waals surface area contributed by atoms with Gasteiger partial charge in [-0.15, -0.1) is 11.6 Å². The Morgan fingerprint density at radius 1 is 0.917 bits per heavy atom. The molecule has 0 bridgehead atoms. The molecule has 0 aliphatic rings. The second kappa shape index (κ2) is 3.90. The van der Waals surface area contributed by atoms with Gasteiger partial charge in [-0.25, -0.2) is 0 Å². The summed E-state index contributed by atoms with van der Waals surface area (Å²) in [5.74, 6) is 0. The molecule has 0 aromatic heterocycles. The molecule has 0 heterocycles. The Balaban J connectivity index is 0.00000121. The SMILES string of the molecule is Cc1c(N)[c-]c(N)c(N)c1N.[Np]. The van der Waals surface area contributed by atoms with Gasteiger partial charge in [-0.05, 0) is 5.69 Å². The summed E-state index contributed by atoms with van der Waals surface area (Å²) in [7, 11) is 0. The molecule has 0 aliphatic heterocycles. The number of rotatable bonds is 0. The number of hydrogen-bond acceptors (Lipinski definition) is 4. The van der Waals surface area contributed by atoms with Gasteiger partial charge in [0.15, 0.2) is 0 Å². The van der Waals surface area contributed by atoms with Crippen molar-refractivity contribution in [1.82, 2.24) is 0 Å². The zero-order valence-electron chi connectivity index (χ0n) is 6.76. The first kappa shape index (κ1) is 11.4. The van der Waals surface area contributed by atoms with Crippen LogP contribution in [0.25, 0.3) is 0 Å². The minimum Gasteiger partial charge on any atom is -0.446 e. The van der Waals surface area contributed by atoms with E-state index in [0.29, 0.717) is 22.7 Å². The maximum atomic E-state index is 5.58. The van der Waals surface area contributed by atoms with Gasteiger partial charge >= 0.3 is 0 Å². The quantitative estimate of drug-likeness (QED) is 0.375. The topological polar surface area (TPSA) is 104 Å². The van der Waals surface area contributed by atoms with Gasteiger partial charge in [0.25, 0.3) is 0 Å². The number of nitrogens with two attached hydrogens (primary N) is 4. The maximum Gasteiger partial charge on any atom is 0 e. The molecule has 0 aliphatic carbocycles. The van der Waals surface area contributed by atoms with Gasteiger partial charge in [0.05, 0.1) is 0 Å². The van der Waals surface area contributed by atoms with Crippen molar-refractivity contribution in [3.05, 3.63) is 11.6 Å². The molecule has 1 aromatic carbocycles. The molecular weight excluding hydrogens is 377 g/mol. The van der Waals surface area contributed by atoms with Crippen LogP contribution in [-0.2, 0) is 0 Å². The van der Waals surface area contributed by atoms with E-state index in [1.54, 1.807) is 6.92 Å². The molecule has 0 atom stereocenters. The Bertz CT molecular complexity index is 272. The standard InChI is InChI=1S/C7H11N4.Np/c1-3-4(8)2-5(9)7(11)6(3)10;/h8-11H2,1H3;/q-1;. The third kappa shape index (κ3) is 1.78. The average molecular weight is 388 g/mol. The maximum absolute atomic E-state index is 5.58. The molecule has 5 heteroatoms. The second-order valence-corrected chi connectivity index (χ2v) is 2.40. The first-order valence-electron chi connectivity index (χ1n) is 3.15. The van der Waals surface area contributed by atoms with Crippen LogP contribution >= 0.6 is 0 Å². The van der Waals surface area contributed by atoms with Crippen molar-refractivity contribution in [1.29, 1.82) is 0 Å². The zero-order valence-corrected chi connectivity index (χ0v) is 10.5. The van der Waals surface area contributed by atoms with Crippen molar-refractivity contribution in [3.63, 3.8) is 0 Å². The van der Waals surface area contributed by atoms with Crippen molar-refractivity contribution in [2.75, 3.05) is 22.9 Å². The smallest absolute Gasteiger partial charge is 0 e. The molecule has 0 fully saturated rings. The van der Waals surface area contributed by atoms with Crippen LogP contribution in [0, 0.1) is 42.9 Å². The Morgan fingerprint density at radius 3 is 1.92 bits per heavy atom. The molecule has 0 unspecified atom stereocenters. The van der Waals surface area contributed by atoms with Crippen molar-refractivity contribution < 1.29 is 29.9 Å². The molecule has 0 saturated carbocycles. The second-order valence-electron chi connectivity index (χ2n) is 2.40. The molecule has 4 nitrogen and oxygen atoms in total. The summed E-state index contributed by atoms with van der Waals surface area (Å²) in [6.45, 7) is 1.77. The molecular formula is C7H11N4Np-. The van der Waals surface area contributed by atoms with Gasteiger partial charge in [0, 0.05) is 29.9 Å². The van der Waals surface area contributed by atoms with Crippen LogP contribution < -0.4 is 22.9 Å². The van der Waals surface area contributed by atoms with Crippen LogP contribution in [0.15, 0.2) is 0 Å². The molecule has 1 rings (SSSR count). The van der Waals surface area contributed by atoms with Crippen LogP contribution in [0.4, 0.5) is 22.7 Å². The van der Waals surface area contributed by atoms with Crippen molar-refractivity contribution >= 4 is 22.7 Å². The Hall–Kier alpha value is -0.567. The van der Waals surface area contributed by atoms with Crippen LogP contribution in [0.5, 0.6) is 0 Å². The van der Waals surface area contributed by atoms with Crippen molar-refractivity contribution in [3.8, 4) is 0 Å². The minimum atomic E-state index is 0. The summed E-state index contributed by atoms with van der Waals surface area (Å²) < 4.78 is 0. The van der Waals surface area contributed by atoms with Gasteiger partial charge in [-0.2, -0.15) is 0 Å². The molecule has 0 amide bonds. The monoisotopic (exact) mass is 387 g/mol. The van der Waals surface area contributed by atoms with E-state index < -0.39 is 0 Å². The van der Waals surface area contributed by atoms with Crippen LogP contribution in [0.1, 0.15) is 5.56 Å². The Morgan fingerprint density at radius 2 is 1.42 bits per heavy atom. The Kier molecular flexibility index (Phi) is 3.71. The minimum absolute atomic E-state index is 0. The van der Waals surface area contributed by atoms with Crippen LogP contribution in [0.2, 0.25) is 0 Å². The first-order chi connectivity index (χ1) is 5.04. The molecule has 65 valence electrons. The van der Waals surface area contributed by atoms with E-state index in [1.807, 2.05) is 0 Å². The van der Waals surface area contributed by atoms with Crippen molar-refractivity contribution in [2.24, 2.45) is 0 Å². The van der Waals surface area contributed by atoms with Crippen LogP contribution in [0.3, 0.4) is 0 Å². The molecule has 8 N–H and O–H groups in total. The number of nitrogen functional groups attached to an aromatic ring is 4. The van der Waals surface area contributed by atoms with Gasteiger partial charge in [0.2, 0.25) is 0 Å². The first-order valence-corrected chi connectivity index (χ1v) is 3.15. The fourth-order valence-corrected chi connectivity index (χ4v) is 0.798. The third-order valence-electron chi connectivity index (χ3n) is 1.66. The van der Waals surface area contributed by atoms with Gasteiger partial charge < -0.3 is 22.9 Å². The molecule has 12 heavy (non-hydrogen) atoms. The third-order valence-corrected chi connectivity index (χ3v) is 1.66. The van der Waals surface area contributed by atoms with E-state index in [0.717, 1.165) is 5.56 Å². The van der Waals surface area contributed by atoms with E-state index in [4.69, 9.17) is 22.9 Å². The summed E-state index contributed by atoms with van der Waals surface area (Å²) in [6, 6.07) is 2.70.